The molecule has 0 N–H and O–H groups in total. The molecule has 1 aliphatic carbocycles. The average Bonchev–Trinajstić information content (AvgIpc) is 2.37. The van der Waals surface area contributed by atoms with Gasteiger partial charge < -0.3 is 9.47 Å². The van der Waals surface area contributed by atoms with Crippen LogP contribution in [-0.2, 0) is 9.47 Å². The van der Waals surface area contributed by atoms with E-state index in [0.29, 0.717) is 19.1 Å². The first-order valence-electron chi connectivity index (χ1n) is 6.34. The molecule has 0 radical (unpaired) electrons. The maximum absolute atomic E-state index is 6.10. The molecule has 1 spiro atoms. The van der Waals surface area contributed by atoms with Crippen molar-refractivity contribution in [3.05, 3.63) is 12.2 Å². The molecule has 0 bridgehead atoms. The lowest BCUT2D eigenvalue weighted by Crippen LogP contribution is -2.50. The first-order chi connectivity index (χ1) is 7.63. The third-order valence-electron chi connectivity index (χ3n) is 4.62. The first-order valence-corrected chi connectivity index (χ1v) is 6.78. The standard InChI is InChI=1S/C14H24O2S/c1-9-10(2)14(11(3)13(9,6)17)15-7-12(4,5)8-16-14/h9-10,17H,3,7-8H2,1-2,4-6H3/t9-,10+,13?/m1/s1. The summed E-state index contributed by atoms with van der Waals surface area (Å²) in [4.78, 5) is 0. The number of rotatable bonds is 0. The molecule has 17 heavy (non-hydrogen) atoms. The van der Waals surface area contributed by atoms with Crippen LogP contribution in [0.1, 0.15) is 34.6 Å². The van der Waals surface area contributed by atoms with Crippen LogP contribution < -0.4 is 0 Å². The van der Waals surface area contributed by atoms with E-state index in [9.17, 15) is 0 Å². The molecule has 1 aliphatic heterocycles. The molecule has 2 rings (SSSR count). The van der Waals surface area contributed by atoms with Gasteiger partial charge in [0, 0.05) is 16.1 Å². The second kappa shape index (κ2) is 3.75. The summed E-state index contributed by atoms with van der Waals surface area (Å²) in [6.45, 7) is 16.4. The minimum atomic E-state index is -0.620. The van der Waals surface area contributed by atoms with E-state index in [1.807, 2.05) is 0 Å². The van der Waals surface area contributed by atoms with E-state index in [4.69, 9.17) is 22.1 Å². The van der Waals surface area contributed by atoms with Gasteiger partial charge in [-0.3, -0.25) is 0 Å². The summed E-state index contributed by atoms with van der Waals surface area (Å²) in [5.74, 6) is 0.0546. The summed E-state index contributed by atoms with van der Waals surface area (Å²) < 4.78 is 12.0. The van der Waals surface area contributed by atoms with Crippen LogP contribution in [0.5, 0.6) is 0 Å². The normalized spacial score (nSPS) is 44.2. The quantitative estimate of drug-likeness (QED) is 0.529. The van der Waals surface area contributed by atoms with Crippen molar-refractivity contribution in [2.24, 2.45) is 17.3 Å². The van der Waals surface area contributed by atoms with Crippen LogP contribution in [0, 0.1) is 17.3 Å². The third-order valence-corrected chi connectivity index (χ3v) is 5.30. The molecule has 0 amide bonds. The molecule has 98 valence electrons. The van der Waals surface area contributed by atoms with E-state index in [1.54, 1.807) is 0 Å². The van der Waals surface area contributed by atoms with Crippen molar-refractivity contribution in [2.45, 2.75) is 45.2 Å². The number of ether oxygens (including phenoxy) is 2. The minimum Gasteiger partial charge on any atom is -0.345 e. The molecule has 1 unspecified atom stereocenters. The molecule has 2 nitrogen and oxygen atoms in total. The highest BCUT2D eigenvalue weighted by atomic mass is 32.1. The van der Waals surface area contributed by atoms with Crippen molar-refractivity contribution in [3.8, 4) is 0 Å². The summed E-state index contributed by atoms with van der Waals surface area (Å²) in [7, 11) is 0. The van der Waals surface area contributed by atoms with Crippen LogP contribution in [-0.4, -0.2) is 23.7 Å². The van der Waals surface area contributed by atoms with Gasteiger partial charge in [0.1, 0.15) is 0 Å². The van der Waals surface area contributed by atoms with Crippen LogP contribution in [0.3, 0.4) is 0 Å². The Balaban J connectivity index is 2.31. The zero-order valence-electron chi connectivity index (χ0n) is 11.5. The van der Waals surface area contributed by atoms with Gasteiger partial charge in [0.25, 0.3) is 0 Å². The summed E-state index contributed by atoms with van der Waals surface area (Å²) in [6.07, 6.45) is 0. The Morgan fingerprint density at radius 3 is 1.94 bits per heavy atom. The number of hydrogen-bond donors (Lipinski definition) is 1. The predicted octanol–water partition coefficient (Wildman–Crippen LogP) is 3.29. The highest BCUT2D eigenvalue weighted by Gasteiger charge is 2.61. The van der Waals surface area contributed by atoms with Gasteiger partial charge in [-0.15, -0.1) is 0 Å². The maximum Gasteiger partial charge on any atom is 0.194 e. The lowest BCUT2D eigenvalue weighted by Gasteiger charge is -2.45. The summed E-state index contributed by atoms with van der Waals surface area (Å²) in [5.41, 5.74) is 1.06. The van der Waals surface area contributed by atoms with Crippen LogP contribution in [0.4, 0.5) is 0 Å². The zero-order valence-corrected chi connectivity index (χ0v) is 12.4. The second-order valence-corrected chi connectivity index (χ2v) is 7.54. The van der Waals surface area contributed by atoms with Crippen molar-refractivity contribution >= 4 is 12.6 Å². The molecule has 0 aromatic rings. The average molecular weight is 256 g/mol. The minimum absolute atomic E-state index is 0.0874. The maximum atomic E-state index is 6.10. The Kier molecular flexibility index (Phi) is 2.97. The Labute approximate surface area is 110 Å². The van der Waals surface area contributed by atoms with Crippen LogP contribution in [0.25, 0.3) is 0 Å². The molecule has 2 aliphatic rings. The van der Waals surface area contributed by atoms with Gasteiger partial charge in [-0.05, 0) is 18.4 Å². The predicted molar refractivity (Wildman–Crippen MR) is 73.3 cm³/mol. The molecular weight excluding hydrogens is 232 g/mol. The van der Waals surface area contributed by atoms with Crippen molar-refractivity contribution in [1.82, 2.24) is 0 Å². The van der Waals surface area contributed by atoms with Gasteiger partial charge in [-0.2, -0.15) is 12.6 Å². The van der Waals surface area contributed by atoms with Crippen molar-refractivity contribution in [2.75, 3.05) is 13.2 Å². The van der Waals surface area contributed by atoms with Crippen LogP contribution >= 0.6 is 12.6 Å². The fraction of sp³-hybridized carbons (Fsp3) is 0.857. The van der Waals surface area contributed by atoms with E-state index in [0.717, 1.165) is 5.57 Å². The Hall–Kier alpha value is 0.01000. The Bertz CT molecular complexity index is 336. The molecule has 3 heteroatoms. The fourth-order valence-corrected chi connectivity index (χ4v) is 3.22. The molecule has 0 aromatic carbocycles. The van der Waals surface area contributed by atoms with Crippen molar-refractivity contribution in [3.63, 3.8) is 0 Å². The lowest BCUT2D eigenvalue weighted by atomic mass is 9.90. The monoisotopic (exact) mass is 256 g/mol. The van der Waals surface area contributed by atoms with Gasteiger partial charge in [0.05, 0.1) is 13.2 Å². The molecule has 3 atom stereocenters. The number of thiol groups is 1. The Morgan fingerprint density at radius 2 is 1.59 bits per heavy atom. The lowest BCUT2D eigenvalue weighted by molar-refractivity contribution is -0.294. The van der Waals surface area contributed by atoms with Gasteiger partial charge >= 0.3 is 0 Å². The Morgan fingerprint density at radius 1 is 1.12 bits per heavy atom. The molecule has 1 saturated carbocycles. The van der Waals surface area contributed by atoms with Gasteiger partial charge in [0.2, 0.25) is 0 Å². The van der Waals surface area contributed by atoms with E-state index in [-0.39, 0.29) is 16.1 Å². The number of hydrogen-bond acceptors (Lipinski definition) is 3. The largest absolute Gasteiger partial charge is 0.345 e. The highest BCUT2D eigenvalue weighted by molar-refractivity contribution is 7.82. The second-order valence-electron chi connectivity index (χ2n) is 6.61. The SMILES string of the molecule is C=C1C(C)(S)[C@H](C)[C@H](C)C12OCC(C)(C)CO2. The molecular formula is C14H24O2S. The molecule has 1 saturated heterocycles. The highest BCUT2D eigenvalue weighted by Crippen LogP contribution is 2.56. The summed E-state index contributed by atoms with van der Waals surface area (Å²) in [6, 6.07) is 0. The summed E-state index contributed by atoms with van der Waals surface area (Å²) in [5, 5.41) is 0. The summed E-state index contributed by atoms with van der Waals surface area (Å²) >= 11 is 4.77. The van der Waals surface area contributed by atoms with Crippen molar-refractivity contribution in [1.29, 1.82) is 0 Å². The van der Waals surface area contributed by atoms with E-state index in [1.165, 1.54) is 0 Å². The molecule has 1 heterocycles. The van der Waals surface area contributed by atoms with Crippen molar-refractivity contribution < 1.29 is 9.47 Å². The third kappa shape index (κ3) is 1.78. The van der Waals surface area contributed by atoms with Crippen LogP contribution in [0.2, 0.25) is 0 Å². The van der Waals surface area contributed by atoms with E-state index < -0.39 is 5.79 Å². The van der Waals surface area contributed by atoms with Crippen LogP contribution in [0.15, 0.2) is 12.2 Å². The topological polar surface area (TPSA) is 18.5 Å². The smallest absolute Gasteiger partial charge is 0.194 e. The van der Waals surface area contributed by atoms with Gasteiger partial charge in [-0.25, -0.2) is 0 Å². The van der Waals surface area contributed by atoms with Gasteiger partial charge in [0.15, 0.2) is 5.79 Å². The molecule has 0 aromatic heterocycles. The fourth-order valence-electron chi connectivity index (χ4n) is 2.84. The van der Waals surface area contributed by atoms with E-state index >= 15 is 0 Å². The first kappa shape index (κ1) is 13.4. The zero-order chi connectivity index (χ0) is 13.1. The molecule has 2 fully saturated rings. The van der Waals surface area contributed by atoms with E-state index in [2.05, 4.69) is 41.2 Å². The van der Waals surface area contributed by atoms with Gasteiger partial charge in [-0.1, -0.05) is 34.3 Å².